The molecule has 94 valence electrons. The van der Waals surface area contributed by atoms with Gasteiger partial charge in [0.2, 0.25) is 0 Å². The zero-order valence-electron chi connectivity index (χ0n) is 9.91. The summed E-state index contributed by atoms with van der Waals surface area (Å²) in [7, 11) is 0. The van der Waals surface area contributed by atoms with E-state index in [0.29, 0.717) is 12.0 Å². The van der Waals surface area contributed by atoms with Gasteiger partial charge in [-0.25, -0.2) is 9.97 Å². The van der Waals surface area contributed by atoms with Crippen molar-refractivity contribution >= 4 is 28.9 Å². The van der Waals surface area contributed by atoms with Crippen LogP contribution in [0.3, 0.4) is 0 Å². The van der Waals surface area contributed by atoms with Crippen LogP contribution in [0.4, 0.5) is 0 Å². The third kappa shape index (κ3) is 1.96. The highest BCUT2D eigenvalue weighted by atomic mass is 32.2. The molecular weight excluding hydrogens is 250 g/mol. The van der Waals surface area contributed by atoms with Crippen LogP contribution < -0.4 is 0 Å². The summed E-state index contributed by atoms with van der Waals surface area (Å²) < 4.78 is 2.09. The third-order valence-corrected chi connectivity index (χ3v) is 4.08. The van der Waals surface area contributed by atoms with Crippen molar-refractivity contribution in [3.63, 3.8) is 0 Å². The number of carbonyl (C=O) groups is 1. The largest absolute Gasteiger partial charge is 0.481 e. The van der Waals surface area contributed by atoms with Crippen LogP contribution in [0.1, 0.15) is 19.4 Å². The standard InChI is InChI=1S/C12H13N3O2S/c1-7-5-9(7)15-11-8(3-2-4-13-11)14-12(15)18-6-10(16)17/h2-4,7,9H,5-6H2,1H3,(H,16,17). The maximum atomic E-state index is 10.7. The molecule has 2 heterocycles. The summed E-state index contributed by atoms with van der Waals surface area (Å²) in [5.41, 5.74) is 1.70. The number of carboxylic acid groups (broad SMARTS) is 1. The van der Waals surface area contributed by atoms with E-state index in [-0.39, 0.29) is 5.75 Å². The van der Waals surface area contributed by atoms with Crippen molar-refractivity contribution in [1.29, 1.82) is 0 Å². The average molecular weight is 263 g/mol. The number of imidazole rings is 1. The number of nitrogens with zero attached hydrogens (tertiary/aromatic N) is 3. The molecule has 6 heteroatoms. The van der Waals surface area contributed by atoms with Crippen molar-refractivity contribution in [3.05, 3.63) is 18.3 Å². The SMILES string of the molecule is CC1CC1n1c(SCC(=O)O)nc2cccnc21. The minimum Gasteiger partial charge on any atom is -0.481 e. The van der Waals surface area contributed by atoms with Crippen molar-refractivity contribution in [2.45, 2.75) is 24.5 Å². The summed E-state index contributed by atoms with van der Waals surface area (Å²) in [4.78, 5) is 19.5. The number of fused-ring (bicyclic) bond motifs is 1. The fraction of sp³-hybridized carbons (Fsp3) is 0.417. The number of hydrogen-bond acceptors (Lipinski definition) is 4. The highest BCUT2D eigenvalue weighted by molar-refractivity contribution is 7.99. The zero-order valence-corrected chi connectivity index (χ0v) is 10.7. The van der Waals surface area contributed by atoms with E-state index in [9.17, 15) is 4.79 Å². The van der Waals surface area contributed by atoms with Gasteiger partial charge in [-0.15, -0.1) is 0 Å². The maximum absolute atomic E-state index is 10.7. The van der Waals surface area contributed by atoms with Gasteiger partial charge in [0.05, 0.1) is 5.75 Å². The Hall–Kier alpha value is -1.56. The Kier molecular flexibility index (Phi) is 2.74. The van der Waals surface area contributed by atoms with E-state index >= 15 is 0 Å². The van der Waals surface area contributed by atoms with Gasteiger partial charge in [-0.3, -0.25) is 4.79 Å². The van der Waals surface area contributed by atoms with Crippen molar-refractivity contribution in [2.24, 2.45) is 5.92 Å². The summed E-state index contributed by atoms with van der Waals surface area (Å²) >= 11 is 1.26. The highest BCUT2D eigenvalue weighted by Crippen LogP contribution is 2.46. The number of carboxylic acids is 1. The molecule has 1 saturated carbocycles. The third-order valence-electron chi connectivity index (χ3n) is 3.14. The van der Waals surface area contributed by atoms with Gasteiger partial charge in [0.25, 0.3) is 0 Å². The first kappa shape index (κ1) is 11.5. The van der Waals surface area contributed by atoms with Gasteiger partial charge in [0, 0.05) is 12.2 Å². The molecule has 0 saturated heterocycles. The lowest BCUT2D eigenvalue weighted by atomic mass is 10.4. The molecule has 1 aliphatic carbocycles. The van der Waals surface area contributed by atoms with Crippen LogP contribution in [-0.4, -0.2) is 31.4 Å². The molecule has 0 aromatic carbocycles. The molecule has 0 bridgehead atoms. The molecule has 3 rings (SSSR count). The second kappa shape index (κ2) is 4.28. The summed E-state index contributed by atoms with van der Waals surface area (Å²) in [6.07, 6.45) is 2.86. The van der Waals surface area contributed by atoms with Crippen LogP contribution in [0.15, 0.2) is 23.5 Å². The number of pyridine rings is 1. The predicted octanol–water partition coefficient (Wildman–Crippen LogP) is 2.19. The Morgan fingerprint density at radius 2 is 2.44 bits per heavy atom. The van der Waals surface area contributed by atoms with Gasteiger partial charge < -0.3 is 9.67 Å². The molecule has 2 aromatic rings. The lowest BCUT2D eigenvalue weighted by molar-refractivity contribution is -0.133. The minimum absolute atomic E-state index is 0.0322. The normalized spacial score (nSPS) is 22.3. The number of aliphatic carboxylic acids is 1. The molecular formula is C12H13N3O2S. The van der Waals surface area contributed by atoms with Gasteiger partial charge in [-0.2, -0.15) is 0 Å². The molecule has 2 atom stereocenters. The topological polar surface area (TPSA) is 68.0 Å². The van der Waals surface area contributed by atoms with Gasteiger partial charge in [0.15, 0.2) is 10.8 Å². The predicted molar refractivity (Wildman–Crippen MR) is 68.7 cm³/mol. The van der Waals surface area contributed by atoms with Crippen LogP contribution in [0, 0.1) is 5.92 Å². The van der Waals surface area contributed by atoms with Crippen LogP contribution in [-0.2, 0) is 4.79 Å². The molecule has 1 aliphatic rings. The van der Waals surface area contributed by atoms with E-state index in [2.05, 4.69) is 21.5 Å². The van der Waals surface area contributed by atoms with Crippen molar-refractivity contribution in [2.75, 3.05) is 5.75 Å². The quantitative estimate of drug-likeness (QED) is 0.856. The highest BCUT2D eigenvalue weighted by Gasteiger charge is 2.37. The first-order valence-corrected chi connectivity index (χ1v) is 6.83. The van der Waals surface area contributed by atoms with Gasteiger partial charge in [0.1, 0.15) is 5.52 Å². The summed E-state index contributed by atoms with van der Waals surface area (Å²) in [5.74, 6) is -0.172. The molecule has 1 N–H and O–H groups in total. The lowest BCUT2D eigenvalue weighted by Crippen LogP contribution is -2.03. The van der Waals surface area contributed by atoms with Crippen molar-refractivity contribution in [3.8, 4) is 0 Å². The van der Waals surface area contributed by atoms with E-state index in [1.807, 2.05) is 12.1 Å². The number of aromatic nitrogens is 3. The summed E-state index contributed by atoms with van der Waals surface area (Å²) in [6.45, 7) is 2.19. The minimum atomic E-state index is -0.824. The molecule has 2 aromatic heterocycles. The lowest BCUT2D eigenvalue weighted by Gasteiger charge is -2.05. The Balaban J connectivity index is 2.03. The van der Waals surface area contributed by atoms with Crippen LogP contribution in [0.5, 0.6) is 0 Å². The molecule has 2 unspecified atom stereocenters. The monoisotopic (exact) mass is 263 g/mol. The first-order valence-electron chi connectivity index (χ1n) is 5.84. The Bertz CT molecular complexity index is 610. The molecule has 0 radical (unpaired) electrons. The van der Waals surface area contributed by atoms with E-state index in [1.165, 1.54) is 11.8 Å². The smallest absolute Gasteiger partial charge is 0.313 e. The second-order valence-corrected chi connectivity index (χ2v) is 5.52. The molecule has 5 nitrogen and oxygen atoms in total. The van der Waals surface area contributed by atoms with Crippen molar-refractivity contribution in [1.82, 2.24) is 14.5 Å². The Labute approximate surface area is 108 Å². The van der Waals surface area contributed by atoms with E-state index in [1.54, 1.807) is 6.20 Å². The molecule has 18 heavy (non-hydrogen) atoms. The maximum Gasteiger partial charge on any atom is 0.313 e. The number of rotatable bonds is 4. The molecule has 0 amide bonds. The van der Waals surface area contributed by atoms with Crippen LogP contribution in [0.25, 0.3) is 11.2 Å². The van der Waals surface area contributed by atoms with Gasteiger partial charge >= 0.3 is 5.97 Å². The molecule has 1 fully saturated rings. The fourth-order valence-corrected chi connectivity index (χ4v) is 2.87. The van der Waals surface area contributed by atoms with E-state index < -0.39 is 5.97 Å². The van der Waals surface area contributed by atoms with Crippen molar-refractivity contribution < 1.29 is 9.90 Å². The summed E-state index contributed by atoms with van der Waals surface area (Å²) in [6, 6.07) is 4.18. The fourth-order valence-electron chi connectivity index (χ4n) is 2.10. The van der Waals surface area contributed by atoms with E-state index in [4.69, 9.17) is 5.11 Å². The average Bonchev–Trinajstić information content (AvgIpc) is 2.93. The van der Waals surface area contributed by atoms with Crippen LogP contribution in [0.2, 0.25) is 0 Å². The number of thioether (sulfide) groups is 1. The Morgan fingerprint density at radius 1 is 1.67 bits per heavy atom. The van der Waals surface area contributed by atoms with Gasteiger partial charge in [-0.1, -0.05) is 18.7 Å². The zero-order chi connectivity index (χ0) is 12.7. The Morgan fingerprint density at radius 3 is 3.11 bits per heavy atom. The first-order chi connectivity index (χ1) is 8.66. The second-order valence-electron chi connectivity index (χ2n) is 4.57. The number of hydrogen-bond donors (Lipinski definition) is 1. The van der Waals surface area contributed by atoms with Gasteiger partial charge in [-0.05, 0) is 24.5 Å². The van der Waals surface area contributed by atoms with Crippen LogP contribution >= 0.6 is 11.8 Å². The van der Waals surface area contributed by atoms with E-state index in [0.717, 1.165) is 22.7 Å². The molecule has 0 aliphatic heterocycles. The molecule has 0 spiro atoms. The summed E-state index contributed by atoms with van der Waals surface area (Å²) in [5, 5.41) is 9.54.